The van der Waals surface area contributed by atoms with E-state index in [-0.39, 0.29) is 30.9 Å². The van der Waals surface area contributed by atoms with Gasteiger partial charge in [-0.25, -0.2) is 14.9 Å². The first-order chi connectivity index (χ1) is 12.0. The molecule has 0 spiro atoms. The lowest BCUT2D eigenvalue weighted by molar-refractivity contribution is 0.0600. The Labute approximate surface area is 153 Å². The molecule has 0 aliphatic carbocycles. The van der Waals surface area contributed by atoms with Crippen LogP contribution in [0.4, 0.5) is 16.0 Å². The number of benzene rings is 1. The van der Waals surface area contributed by atoms with Gasteiger partial charge in [-0.2, -0.15) is 0 Å². The molecule has 0 radical (unpaired) electrons. The highest BCUT2D eigenvalue weighted by atomic mass is 79.9. The van der Waals surface area contributed by atoms with Crippen LogP contribution in [0.1, 0.15) is 28.9 Å². The maximum Gasteiger partial charge on any atom is 0.337 e. The van der Waals surface area contributed by atoms with Crippen LogP contribution in [0.3, 0.4) is 0 Å². The van der Waals surface area contributed by atoms with Gasteiger partial charge in [-0.1, -0.05) is 16.6 Å². The summed E-state index contributed by atoms with van der Waals surface area (Å²) < 4.78 is 25.1. The number of nitrogens with zero attached hydrogens (tertiary/aromatic N) is 2. The maximum atomic E-state index is 14.3. The zero-order valence-electron chi connectivity index (χ0n) is 13.8. The van der Waals surface area contributed by atoms with Gasteiger partial charge >= 0.3 is 5.97 Å². The third-order valence-corrected chi connectivity index (χ3v) is 4.49. The van der Waals surface area contributed by atoms with Crippen molar-refractivity contribution in [3.05, 3.63) is 46.1 Å². The molecule has 1 aromatic carbocycles. The van der Waals surface area contributed by atoms with Gasteiger partial charge in [0.15, 0.2) is 17.3 Å². The lowest BCUT2D eigenvalue weighted by Gasteiger charge is -2.27. The Balaban J connectivity index is 1.84. The highest BCUT2D eigenvalue weighted by Crippen LogP contribution is 2.43. The fourth-order valence-electron chi connectivity index (χ4n) is 2.58. The average molecular weight is 410 g/mol. The Bertz CT molecular complexity index is 785. The van der Waals surface area contributed by atoms with Crippen molar-refractivity contribution in [1.82, 2.24) is 4.98 Å². The molecule has 0 saturated carbocycles. The second-order valence-corrected chi connectivity index (χ2v) is 6.40. The summed E-state index contributed by atoms with van der Waals surface area (Å²) in [5.74, 6) is 0.436. The molecule has 0 fully saturated rings. The van der Waals surface area contributed by atoms with Crippen molar-refractivity contribution in [2.45, 2.75) is 13.0 Å². The summed E-state index contributed by atoms with van der Waals surface area (Å²) >= 11 is 3.33. The summed E-state index contributed by atoms with van der Waals surface area (Å²) in [4.78, 5) is 15.8. The number of anilines is 2. The third kappa shape index (κ3) is 3.53. The van der Waals surface area contributed by atoms with Crippen LogP contribution in [-0.4, -0.2) is 31.2 Å². The number of halogens is 2. The van der Waals surface area contributed by atoms with Crippen LogP contribution in [0.5, 0.6) is 5.75 Å². The smallest absolute Gasteiger partial charge is 0.337 e. The van der Waals surface area contributed by atoms with Gasteiger partial charge in [0, 0.05) is 6.20 Å². The van der Waals surface area contributed by atoms with Crippen molar-refractivity contribution in [2.24, 2.45) is 0 Å². The van der Waals surface area contributed by atoms with Gasteiger partial charge in [0.25, 0.3) is 0 Å². The number of ether oxygens (including phenoxy) is 2. The molecule has 25 heavy (non-hydrogen) atoms. The number of rotatable bonds is 4. The van der Waals surface area contributed by atoms with E-state index < -0.39 is 0 Å². The van der Waals surface area contributed by atoms with Crippen molar-refractivity contribution in [1.29, 1.82) is 0 Å². The predicted octanol–water partition coefficient (Wildman–Crippen LogP) is 3.89. The van der Waals surface area contributed by atoms with E-state index in [9.17, 15) is 9.28 Å². The number of aromatic nitrogens is 1. The zero-order chi connectivity index (χ0) is 18.0. The fraction of sp³-hybridized carbons (Fsp3) is 0.294. The Morgan fingerprint density at radius 2 is 2.16 bits per heavy atom. The molecular formula is C17H17BrFN3O3. The lowest BCUT2D eigenvalue weighted by atomic mass is 10.1. The van der Waals surface area contributed by atoms with E-state index in [0.717, 1.165) is 5.56 Å². The number of nitrogens with one attached hydrogen (secondary N) is 1. The summed E-state index contributed by atoms with van der Waals surface area (Å²) in [6.07, 6.45) is 1.58. The van der Waals surface area contributed by atoms with Crippen molar-refractivity contribution in [3.63, 3.8) is 0 Å². The molecule has 1 aromatic heterocycles. The van der Waals surface area contributed by atoms with Gasteiger partial charge in [-0.05, 0) is 40.5 Å². The first kappa shape index (κ1) is 17.5. The van der Waals surface area contributed by atoms with E-state index >= 15 is 0 Å². The predicted molar refractivity (Wildman–Crippen MR) is 95.7 cm³/mol. The third-order valence-electron chi connectivity index (χ3n) is 3.92. The van der Waals surface area contributed by atoms with Crippen LogP contribution in [0.15, 0.2) is 34.9 Å². The van der Waals surface area contributed by atoms with Crippen molar-refractivity contribution in [2.75, 3.05) is 30.7 Å². The first-order valence-electron chi connectivity index (χ1n) is 7.70. The Morgan fingerprint density at radius 1 is 1.44 bits per heavy atom. The highest BCUT2D eigenvalue weighted by Gasteiger charge is 2.26. The van der Waals surface area contributed by atoms with Gasteiger partial charge < -0.3 is 14.8 Å². The van der Waals surface area contributed by atoms with Crippen LogP contribution < -0.4 is 15.2 Å². The second-order valence-electron chi connectivity index (χ2n) is 5.55. The molecule has 1 aliphatic heterocycles. The molecular weight excluding hydrogens is 393 g/mol. The number of carbonyl (C=O) groups excluding carboxylic acids is 1. The number of carbonyl (C=O) groups is 1. The van der Waals surface area contributed by atoms with Gasteiger partial charge in [0.1, 0.15) is 6.61 Å². The van der Waals surface area contributed by atoms with Crippen molar-refractivity contribution < 1.29 is 18.7 Å². The topological polar surface area (TPSA) is 63.7 Å². The molecule has 0 unspecified atom stereocenters. The highest BCUT2D eigenvalue weighted by molar-refractivity contribution is 9.10. The van der Waals surface area contributed by atoms with Gasteiger partial charge in [-0.3, -0.25) is 0 Å². The van der Waals surface area contributed by atoms with Gasteiger partial charge in [0.05, 0.1) is 29.7 Å². The molecule has 0 amide bonds. The molecule has 0 saturated heterocycles. The Morgan fingerprint density at radius 3 is 2.84 bits per heavy atom. The Hall–Kier alpha value is -2.35. The largest absolute Gasteiger partial charge is 0.488 e. The van der Waals surface area contributed by atoms with E-state index in [2.05, 4.69) is 31.0 Å². The number of esters is 1. The minimum Gasteiger partial charge on any atom is -0.488 e. The molecule has 3 rings (SSSR count). The summed E-state index contributed by atoms with van der Waals surface area (Å²) in [7, 11) is 1.34. The minimum atomic E-state index is -0.388. The van der Waals surface area contributed by atoms with E-state index in [4.69, 9.17) is 4.74 Å². The summed E-state index contributed by atoms with van der Waals surface area (Å²) in [6, 6.07) is 6.86. The number of pyridine rings is 1. The molecule has 2 aromatic rings. The zero-order valence-corrected chi connectivity index (χ0v) is 15.3. The Kier molecular flexibility index (Phi) is 5.08. The normalized spacial score (nSPS) is 14.3. The van der Waals surface area contributed by atoms with Crippen LogP contribution in [-0.2, 0) is 4.74 Å². The number of fused-ring (bicyclic) bond motifs is 1. The second kappa shape index (κ2) is 7.26. The van der Waals surface area contributed by atoms with Gasteiger partial charge in [-0.15, -0.1) is 0 Å². The number of hydrogen-bond donors (Lipinski definition) is 1. The van der Waals surface area contributed by atoms with E-state index in [1.807, 2.05) is 19.1 Å². The van der Waals surface area contributed by atoms with Crippen LogP contribution in [0.25, 0.3) is 0 Å². The van der Waals surface area contributed by atoms with Crippen molar-refractivity contribution in [3.8, 4) is 5.75 Å². The summed E-state index contributed by atoms with van der Waals surface area (Å²) in [5, 5.41) is 3.83. The lowest BCUT2D eigenvalue weighted by Crippen LogP contribution is -2.27. The average Bonchev–Trinajstić information content (AvgIpc) is 2.63. The molecule has 1 aliphatic rings. The maximum absolute atomic E-state index is 14.3. The molecule has 1 N–H and O–H groups in total. The van der Waals surface area contributed by atoms with E-state index in [1.54, 1.807) is 18.3 Å². The van der Waals surface area contributed by atoms with Gasteiger partial charge in [0.2, 0.25) is 0 Å². The summed E-state index contributed by atoms with van der Waals surface area (Å²) in [6.45, 7) is 2.34. The van der Waals surface area contributed by atoms with Crippen LogP contribution in [0.2, 0.25) is 0 Å². The molecule has 8 heteroatoms. The van der Waals surface area contributed by atoms with Crippen molar-refractivity contribution >= 4 is 33.4 Å². The van der Waals surface area contributed by atoms with Crippen LogP contribution >= 0.6 is 15.9 Å². The standard InChI is InChI=1S/C17H17BrFN3O3/c1-10(11-3-5-12(6-4-11)17(23)24-2)21-16-14-15(13(18)9-20-16)25-8-7-22(14)19/h3-6,9-10H,7-8H2,1-2H3,(H,20,21)/t10-/m0/s1. The van der Waals surface area contributed by atoms with E-state index in [1.165, 1.54) is 7.11 Å². The SMILES string of the molecule is COC(=O)c1ccc([C@H](C)Nc2ncc(Br)c3c2N(F)CCO3)cc1. The van der Waals surface area contributed by atoms with Crippen LogP contribution in [0, 0.1) is 0 Å². The summed E-state index contributed by atoms with van der Waals surface area (Å²) in [5.41, 5.74) is 1.67. The molecule has 6 nitrogen and oxygen atoms in total. The minimum absolute atomic E-state index is 0.141. The van der Waals surface area contributed by atoms with E-state index in [0.29, 0.717) is 26.7 Å². The molecule has 132 valence electrons. The first-order valence-corrected chi connectivity index (χ1v) is 8.50. The molecule has 2 heterocycles. The fourth-order valence-corrected chi connectivity index (χ4v) is 2.99. The molecule has 1 atom stereocenters. The number of methoxy groups -OCH3 is 1. The quantitative estimate of drug-likeness (QED) is 0.610. The monoisotopic (exact) mass is 409 g/mol. The molecule has 0 bridgehead atoms. The number of hydrogen-bond acceptors (Lipinski definition) is 6.